The van der Waals surface area contributed by atoms with Crippen LogP contribution >= 0.6 is 0 Å². The highest BCUT2D eigenvalue weighted by Gasteiger charge is 2.13. The van der Waals surface area contributed by atoms with Gasteiger partial charge in [-0.1, -0.05) is 0 Å². The highest BCUT2D eigenvalue weighted by atomic mass is 15.2. The number of hydrogen-bond donors (Lipinski definition) is 1. The lowest BCUT2D eigenvalue weighted by Gasteiger charge is -2.22. The predicted octanol–water partition coefficient (Wildman–Crippen LogP) is 0.753. The van der Waals surface area contributed by atoms with Crippen molar-refractivity contribution in [2.75, 3.05) is 31.1 Å². The molecule has 2 heterocycles. The highest BCUT2D eigenvalue weighted by Crippen LogP contribution is 2.17. The van der Waals surface area contributed by atoms with E-state index < -0.39 is 0 Å². The van der Waals surface area contributed by atoms with Gasteiger partial charge in [0, 0.05) is 25.8 Å². The van der Waals surface area contributed by atoms with Crippen LogP contribution in [0, 0.1) is 11.3 Å². The van der Waals surface area contributed by atoms with Crippen molar-refractivity contribution in [1.29, 1.82) is 5.26 Å². The summed E-state index contributed by atoms with van der Waals surface area (Å²) in [6.07, 6.45) is 2.78. The topological polar surface area (TPSA) is 52.0 Å². The van der Waals surface area contributed by atoms with Gasteiger partial charge in [0.05, 0.1) is 5.69 Å². The van der Waals surface area contributed by atoms with E-state index in [1.807, 2.05) is 12.1 Å². The molecule has 0 atom stereocenters. The molecule has 0 aliphatic carbocycles. The van der Waals surface area contributed by atoms with Crippen LogP contribution in [-0.2, 0) is 0 Å². The molecule has 1 aliphatic heterocycles. The molecule has 0 unspecified atom stereocenters. The minimum atomic E-state index is 0.527. The van der Waals surface area contributed by atoms with Crippen LogP contribution in [0.1, 0.15) is 12.1 Å². The fraction of sp³-hybridized carbons (Fsp3) is 0.455. The molecule has 4 nitrogen and oxygen atoms in total. The van der Waals surface area contributed by atoms with Crippen LogP contribution in [-0.4, -0.2) is 31.2 Å². The highest BCUT2D eigenvalue weighted by molar-refractivity contribution is 5.55. The third-order valence-corrected chi connectivity index (χ3v) is 2.57. The Bertz CT molecular complexity index is 361. The van der Waals surface area contributed by atoms with Gasteiger partial charge in [-0.2, -0.15) is 5.26 Å². The number of nitrogens with one attached hydrogen (secondary N) is 1. The van der Waals surface area contributed by atoms with Gasteiger partial charge < -0.3 is 10.2 Å². The van der Waals surface area contributed by atoms with E-state index in [1.165, 1.54) is 0 Å². The van der Waals surface area contributed by atoms with Gasteiger partial charge in [-0.25, -0.2) is 4.98 Å². The minimum absolute atomic E-state index is 0.527. The molecule has 2 rings (SSSR count). The van der Waals surface area contributed by atoms with E-state index in [2.05, 4.69) is 21.3 Å². The lowest BCUT2D eigenvalue weighted by Crippen LogP contribution is -2.28. The van der Waals surface area contributed by atoms with Gasteiger partial charge >= 0.3 is 0 Å². The number of pyridine rings is 1. The summed E-state index contributed by atoms with van der Waals surface area (Å²) in [6.45, 7) is 3.96. The lowest BCUT2D eigenvalue weighted by molar-refractivity contribution is 0.724. The van der Waals surface area contributed by atoms with Gasteiger partial charge in [-0.3, -0.25) is 0 Å². The molecule has 1 N–H and O–H groups in total. The van der Waals surface area contributed by atoms with Crippen LogP contribution in [0.15, 0.2) is 18.3 Å². The van der Waals surface area contributed by atoms with E-state index in [9.17, 15) is 0 Å². The van der Waals surface area contributed by atoms with E-state index >= 15 is 0 Å². The SMILES string of the molecule is N#Cc1ncccc1N1CCCNCC1. The molecule has 1 fully saturated rings. The van der Waals surface area contributed by atoms with Gasteiger partial charge in [0.1, 0.15) is 6.07 Å². The number of rotatable bonds is 1. The van der Waals surface area contributed by atoms with E-state index in [4.69, 9.17) is 5.26 Å². The molecule has 0 amide bonds. The zero-order chi connectivity index (χ0) is 10.5. The van der Waals surface area contributed by atoms with Crippen molar-refractivity contribution in [1.82, 2.24) is 10.3 Å². The largest absolute Gasteiger partial charge is 0.368 e. The zero-order valence-electron chi connectivity index (χ0n) is 8.61. The number of hydrogen-bond acceptors (Lipinski definition) is 4. The molecule has 0 aromatic carbocycles. The average molecular weight is 202 g/mol. The molecule has 1 aromatic heterocycles. The molecule has 0 spiro atoms. The zero-order valence-corrected chi connectivity index (χ0v) is 8.61. The summed E-state index contributed by atoms with van der Waals surface area (Å²) in [5.41, 5.74) is 1.49. The van der Waals surface area contributed by atoms with Crippen LogP contribution in [0.2, 0.25) is 0 Å². The summed E-state index contributed by atoms with van der Waals surface area (Å²) in [6, 6.07) is 5.99. The third kappa shape index (κ3) is 2.25. The van der Waals surface area contributed by atoms with Gasteiger partial charge in [0.15, 0.2) is 5.69 Å². The second-order valence-electron chi connectivity index (χ2n) is 3.57. The molecule has 1 aliphatic rings. The molecule has 1 saturated heterocycles. The Hall–Kier alpha value is -1.60. The quantitative estimate of drug-likeness (QED) is 0.730. The average Bonchev–Trinajstić information content (AvgIpc) is 2.57. The van der Waals surface area contributed by atoms with Crippen molar-refractivity contribution in [3.8, 4) is 6.07 Å². The fourth-order valence-corrected chi connectivity index (χ4v) is 1.82. The summed E-state index contributed by atoms with van der Waals surface area (Å²) in [5.74, 6) is 0. The first-order chi connectivity index (χ1) is 7.42. The van der Waals surface area contributed by atoms with Crippen LogP contribution in [0.3, 0.4) is 0 Å². The van der Waals surface area contributed by atoms with Gasteiger partial charge in [0.2, 0.25) is 0 Å². The molecular weight excluding hydrogens is 188 g/mol. The summed E-state index contributed by atoms with van der Waals surface area (Å²) < 4.78 is 0. The lowest BCUT2D eigenvalue weighted by atomic mass is 10.2. The molecule has 1 aromatic rings. The number of nitriles is 1. The van der Waals surface area contributed by atoms with Crippen LogP contribution in [0.4, 0.5) is 5.69 Å². The Kier molecular flexibility index (Phi) is 3.15. The number of aromatic nitrogens is 1. The smallest absolute Gasteiger partial charge is 0.163 e. The fourth-order valence-electron chi connectivity index (χ4n) is 1.82. The summed E-state index contributed by atoms with van der Waals surface area (Å²) in [4.78, 5) is 6.31. The van der Waals surface area contributed by atoms with E-state index in [0.29, 0.717) is 5.69 Å². The number of nitrogens with zero attached hydrogens (tertiary/aromatic N) is 3. The third-order valence-electron chi connectivity index (χ3n) is 2.57. The van der Waals surface area contributed by atoms with E-state index in [-0.39, 0.29) is 0 Å². The summed E-state index contributed by atoms with van der Waals surface area (Å²) >= 11 is 0. The maximum absolute atomic E-state index is 8.96. The Labute approximate surface area is 89.5 Å². The van der Waals surface area contributed by atoms with Crippen LogP contribution in [0.5, 0.6) is 0 Å². The van der Waals surface area contributed by atoms with Crippen molar-refractivity contribution in [2.45, 2.75) is 6.42 Å². The maximum atomic E-state index is 8.96. The van der Waals surface area contributed by atoms with Crippen molar-refractivity contribution in [3.05, 3.63) is 24.0 Å². The molecule has 78 valence electrons. The van der Waals surface area contributed by atoms with Crippen molar-refractivity contribution in [2.24, 2.45) is 0 Å². The Morgan fingerprint density at radius 1 is 1.40 bits per heavy atom. The maximum Gasteiger partial charge on any atom is 0.163 e. The number of anilines is 1. The van der Waals surface area contributed by atoms with Crippen LogP contribution < -0.4 is 10.2 Å². The normalized spacial score (nSPS) is 16.9. The van der Waals surface area contributed by atoms with Gasteiger partial charge in [0.25, 0.3) is 0 Å². The van der Waals surface area contributed by atoms with Crippen LogP contribution in [0.25, 0.3) is 0 Å². The molecule has 0 radical (unpaired) electrons. The summed E-state index contributed by atoms with van der Waals surface area (Å²) in [5, 5.41) is 12.3. The second kappa shape index (κ2) is 4.76. The van der Waals surface area contributed by atoms with Crippen molar-refractivity contribution < 1.29 is 0 Å². The first-order valence-electron chi connectivity index (χ1n) is 5.22. The molecule has 0 bridgehead atoms. The molecule has 15 heavy (non-hydrogen) atoms. The van der Waals surface area contributed by atoms with Crippen molar-refractivity contribution in [3.63, 3.8) is 0 Å². The Balaban J connectivity index is 2.23. The second-order valence-corrected chi connectivity index (χ2v) is 3.57. The van der Waals surface area contributed by atoms with E-state index in [1.54, 1.807) is 6.20 Å². The molecule has 0 saturated carbocycles. The Morgan fingerprint density at radius 2 is 2.33 bits per heavy atom. The predicted molar refractivity (Wildman–Crippen MR) is 58.7 cm³/mol. The van der Waals surface area contributed by atoms with E-state index in [0.717, 1.165) is 38.3 Å². The van der Waals surface area contributed by atoms with Crippen molar-refractivity contribution >= 4 is 5.69 Å². The minimum Gasteiger partial charge on any atom is -0.368 e. The Morgan fingerprint density at radius 3 is 3.20 bits per heavy atom. The first-order valence-corrected chi connectivity index (χ1v) is 5.22. The monoisotopic (exact) mass is 202 g/mol. The molecular formula is C11H14N4. The van der Waals surface area contributed by atoms with Gasteiger partial charge in [-0.05, 0) is 25.1 Å². The summed E-state index contributed by atoms with van der Waals surface area (Å²) in [7, 11) is 0. The molecule has 4 heteroatoms. The van der Waals surface area contributed by atoms with Gasteiger partial charge in [-0.15, -0.1) is 0 Å². The first kappa shape index (κ1) is 9.94. The standard InChI is InChI=1S/C11H14N4/c12-9-10-11(3-1-5-14-10)15-7-2-4-13-6-8-15/h1,3,5,13H,2,4,6-8H2.